The number of nitrogens with zero attached hydrogens (tertiary/aromatic N) is 1. The Bertz CT molecular complexity index is 1440. The third kappa shape index (κ3) is 5.10. The lowest BCUT2D eigenvalue weighted by molar-refractivity contribution is -0.157. The summed E-state index contributed by atoms with van der Waals surface area (Å²) < 4.78 is 23.7. The Hall–Kier alpha value is -4.77. The van der Waals surface area contributed by atoms with Crippen LogP contribution in [0.3, 0.4) is 0 Å². The topological polar surface area (TPSA) is 139 Å². The fourth-order valence-electron chi connectivity index (χ4n) is 4.70. The Morgan fingerprint density at radius 2 is 1.45 bits per heavy atom. The lowest BCUT2D eigenvalue weighted by atomic mass is 10.0. The summed E-state index contributed by atoms with van der Waals surface area (Å²) >= 11 is 0. The number of ether oxygens (including phenoxy) is 2. The molecule has 1 fully saturated rings. The maximum atomic E-state index is 13.4. The zero-order chi connectivity index (χ0) is 28.2. The van der Waals surface area contributed by atoms with Crippen molar-refractivity contribution in [2.45, 2.75) is 23.6 Å². The van der Waals surface area contributed by atoms with Gasteiger partial charge in [0.15, 0.2) is 11.8 Å². The van der Waals surface area contributed by atoms with Crippen LogP contribution >= 0.6 is 0 Å². The minimum atomic E-state index is -1.84. The van der Waals surface area contributed by atoms with Crippen molar-refractivity contribution >= 4 is 35.1 Å². The molecule has 2 aliphatic heterocycles. The van der Waals surface area contributed by atoms with Gasteiger partial charge in [0.2, 0.25) is 6.10 Å². The van der Waals surface area contributed by atoms with Crippen molar-refractivity contribution in [2.24, 2.45) is 0 Å². The van der Waals surface area contributed by atoms with Gasteiger partial charge in [-0.2, -0.15) is 0 Å². The van der Waals surface area contributed by atoms with E-state index in [0.717, 1.165) is 4.90 Å². The molecule has 3 aromatic rings. The van der Waals surface area contributed by atoms with Gasteiger partial charge >= 0.3 is 5.97 Å². The number of nitrogens with one attached hydrogen (secondary N) is 1. The molecule has 3 unspecified atom stereocenters. The first-order chi connectivity index (χ1) is 19.4. The number of carbonyl (C=O) groups is 4. The standard InChI is InChI=1S/C29H24N2O8S/c32-17-38-25(20-14-8-3-9-15-20)26(34)30-22-27(35)31-23(21(33)16-40(37)28(22)31)29(36)39-24(18-10-4-1-5-11-18)19-12-6-2-7-13-19/h1-15,17,22,24-25,28,33H,16H2,(H,30,34)/t22?,25?,28-,40?/m0/s1. The second kappa shape index (κ2) is 11.5. The van der Waals surface area contributed by atoms with Gasteiger partial charge in [0.25, 0.3) is 18.3 Å². The van der Waals surface area contributed by atoms with Crippen LogP contribution in [0.25, 0.3) is 0 Å². The van der Waals surface area contributed by atoms with Crippen molar-refractivity contribution in [2.75, 3.05) is 5.75 Å². The van der Waals surface area contributed by atoms with Gasteiger partial charge in [-0.15, -0.1) is 0 Å². The van der Waals surface area contributed by atoms with E-state index < -0.39 is 69.4 Å². The number of aliphatic hydroxyl groups excluding tert-OH is 1. The first-order valence-corrected chi connectivity index (χ1v) is 13.7. The van der Waals surface area contributed by atoms with Crippen LogP contribution in [0.4, 0.5) is 0 Å². The van der Waals surface area contributed by atoms with Crippen LogP contribution in [0.5, 0.6) is 0 Å². The molecule has 0 aliphatic carbocycles. The van der Waals surface area contributed by atoms with Gasteiger partial charge in [-0.1, -0.05) is 91.0 Å². The number of hydrogen-bond acceptors (Lipinski definition) is 8. The highest BCUT2D eigenvalue weighted by molar-refractivity contribution is 7.86. The smallest absolute Gasteiger partial charge is 0.359 e. The molecule has 3 aromatic carbocycles. The van der Waals surface area contributed by atoms with Gasteiger partial charge in [0, 0.05) is 5.56 Å². The fraction of sp³-hybridized carbons (Fsp3) is 0.172. The first-order valence-electron chi connectivity index (χ1n) is 12.3. The largest absolute Gasteiger partial charge is 0.509 e. The highest BCUT2D eigenvalue weighted by atomic mass is 32.2. The Morgan fingerprint density at radius 3 is 1.98 bits per heavy atom. The number of esters is 1. The Balaban J connectivity index is 1.37. The third-order valence-corrected chi connectivity index (χ3v) is 8.14. The molecule has 1 saturated heterocycles. The molecule has 204 valence electrons. The number of hydrogen-bond donors (Lipinski definition) is 2. The zero-order valence-corrected chi connectivity index (χ0v) is 21.7. The Labute approximate surface area is 231 Å². The van der Waals surface area contributed by atoms with E-state index in [2.05, 4.69) is 5.32 Å². The maximum Gasteiger partial charge on any atom is 0.359 e. The van der Waals surface area contributed by atoms with E-state index in [1.54, 1.807) is 78.9 Å². The molecular weight excluding hydrogens is 536 g/mol. The molecule has 2 heterocycles. The molecule has 0 aromatic heterocycles. The minimum absolute atomic E-state index is 0.121. The molecule has 10 nitrogen and oxygen atoms in total. The number of benzene rings is 3. The summed E-state index contributed by atoms with van der Waals surface area (Å²) in [5.41, 5.74) is 1.27. The molecule has 0 saturated carbocycles. The summed E-state index contributed by atoms with van der Waals surface area (Å²) in [5, 5.41) is 12.0. The molecule has 5 rings (SSSR count). The van der Waals surface area contributed by atoms with Gasteiger partial charge in [-0.05, 0) is 11.1 Å². The first kappa shape index (κ1) is 26.8. The molecule has 0 bridgehead atoms. The minimum Gasteiger partial charge on any atom is -0.509 e. The normalized spacial score (nSPS) is 20.7. The van der Waals surface area contributed by atoms with Crippen LogP contribution in [0.2, 0.25) is 0 Å². The van der Waals surface area contributed by atoms with E-state index in [0.29, 0.717) is 16.7 Å². The summed E-state index contributed by atoms with van der Waals surface area (Å²) in [7, 11) is -1.84. The second-order valence-corrected chi connectivity index (χ2v) is 10.6. The van der Waals surface area contributed by atoms with Gasteiger partial charge < -0.3 is 19.9 Å². The number of carbonyl (C=O) groups excluding carboxylic acids is 4. The lowest BCUT2D eigenvalue weighted by Gasteiger charge is -2.48. The van der Waals surface area contributed by atoms with Gasteiger partial charge in [-0.3, -0.25) is 23.5 Å². The number of fused-ring (bicyclic) bond motifs is 1. The van der Waals surface area contributed by atoms with E-state index in [4.69, 9.17) is 9.47 Å². The SMILES string of the molecule is O=COC(C(=O)NC1C(=O)N2C(C(=O)OC(c3ccccc3)c3ccccc3)=C(O)CS(=O)[C@@H]12)c1ccccc1. The summed E-state index contributed by atoms with van der Waals surface area (Å²) in [6.45, 7) is 0.121. The molecule has 40 heavy (non-hydrogen) atoms. The number of β-lactam (4-membered cyclic amide) rings is 1. The average molecular weight is 561 g/mol. The third-order valence-electron chi connectivity index (χ3n) is 6.56. The van der Waals surface area contributed by atoms with E-state index in [-0.39, 0.29) is 6.47 Å². The van der Waals surface area contributed by atoms with Crippen LogP contribution in [0.15, 0.2) is 102 Å². The van der Waals surface area contributed by atoms with Crippen LogP contribution in [0, 0.1) is 0 Å². The van der Waals surface area contributed by atoms with E-state index in [1.165, 1.54) is 0 Å². The van der Waals surface area contributed by atoms with Crippen molar-refractivity contribution in [3.8, 4) is 0 Å². The molecule has 2 amide bonds. The molecule has 0 spiro atoms. The number of rotatable bonds is 9. The van der Waals surface area contributed by atoms with Gasteiger partial charge in [0.1, 0.15) is 17.2 Å². The number of amides is 2. The summed E-state index contributed by atoms with van der Waals surface area (Å²) in [6, 6.07) is 24.8. The van der Waals surface area contributed by atoms with Crippen LogP contribution in [-0.4, -0.2) is 55.6 Å². The summed E-state index contributed by atoms with van der Waals surface area (Å²) in [6.07, 6.45) is -2.19. The van der Waals surface area contributed by atoms with Crippen molar-refractivity contribution in [1.29, 1.82) is 0 Å². The average Bonchev–Trinajstić information content (AvgIpc) is 2.98. The van der Waals surface area contributed by atoms with Gasteiger partial charge in [-0.25, -0.2) is 4.79 Å². The van der Waals surface area contributed by atoms with E-state index >= 15 is 0 Å². The predicted octanol–water partition coefficient (Wildman–Crippen LogP) is 2.42. The predicted molar refractivity (Wildman–Crippen MR) is 142 cm³/mol. The van der Waals surface area contributed by atoms with Crippen molar-refractivity contribution < 1.29 is 38.0 Å². The summed E-state index contributed by atoms with van der Waals surface area (Å²) in [5.74, 6) is -3.52. The van der Waals surface area contributed by atoms with E-state index in [9.17, 15) is 28.5 Å². The highest BCUT2D eigenvalue weighted by Gasteiger charge is 2.58. The molecule has 0 radical (unpaired) electrons. The lowest BCUT2D eigenvalue weighted by Crippen LogP contribution is -2.74. The van der Waals surface area contributed by atoms with Gasteiger partial charge in [0.05, 0.1) is 16.6 Å². The fourth-order valence-corrected chi connectivity index (χ4v) is 6.21. The molecule has 2 N–H and O–H groups in total. The van der Waals surface area contributed by atoms with Crippen molar-refractivity contribution in [3.63, 3.8) is 0 Å². The zero-order valence-electron chi connectivity index (χ0n) is 20.9. The Morgan fingerprint density at radius 1 is 0.925 bits per heavy atom. The monoisotopic (exact) mass is 560 g/mol. The van der Waals surface area contributed by atoms with Crippen molar-refractivity contribution in [3.05, 3.63) is 119 Å². The Kier molecular flexibility index (Phi) is 7.74. The maximum absolute atomic E-state index is 13.4. The van der Waals surface area contributed by atoms with Crippen LogP contribution < -0.4 is 5.32 Å². The van der Waals surface area contributed by atoms with Crippen LogP contribution in [0.1, 0.15) is 28.9 Å². The molecule has 4 atom stereocenters. The molecule has 11 heteroatoms. The summed E-state index contributed by atoms with van der Waals surface area (Å²) in [4.78, 5) is 51.6. The number of aliphatic hydroxyl groups is 1. The van der Waals surface area contributed by atoms with Crippen LogP contribution in [-0.2, 0) is 39.5 Å². The van der Waals surface area contributed by atoms with E-state index in [1.807, 2.05) is 12.1 Å². The quantitative estimate of drug-likeness (QED) is 0.231. The second-order valence-electron chi connectivity index (χ2n) is 9.04. The van der Waals surface area contributed by atoms with Crippen molar-refractivity contribution in [1.82, 2.24) is 10.2 Å². The molecular formula is C29H24N2O8S. The highest BCUT2D eigenvalue weighted by Crippen LogP contribution is 2.37. The molecule has 2 aliphatic rings.